The van der Waals surface area contributed by atoms with Gasteiger partial charge in [0, 0.05) is 18.1 Å². The largest absolute Gasteiger partial charge is 0.465 e. The zero-order valence-corrected chi connectivity index (χ0v) is 9.52. The summed E-state index contributed by atoms with van der Waals surface area (Å²) in [5.41, 5.74) is -0.898. The molecule has 1 saturated heterocycles. The fourth-order valence-electron chi connectivity index (χ4n) is 1.19. The van der Waals surface area contributed by atoms with Crippen molar-refractivity contribution in [3.63, 3.8) is 0 Å². The standard InChI is InChI=1S/C8H13N3O4S/c1-8(5(12)10-6(13)11-8)4-16-3-2-9-7(14)15/h9H,2-4H2,1H3,(H,14,15)(H2,10,11,12,13)/t8-/m0/s1. The van der Waals surface area contributed by atoms with Gasteiger partial charge in [0.2, 0.25) is 0 Å². The van der Waals surface area contributed by atoms with Gasteiger partial charge in [-0.3, -0.25) is 10.1 Å². The molecule has 7 nitrogen and oxygen atoms in total. The zero-order chi connectivity index (χ0) is 12.2. The SMILES string of the molecule is C[C@@]1(CSCCNC(=O)O)NC(=O)NC1=O. The van der Waals surface area contributed by atoms with Crippen LogP contribution in [0, 0.1) is 0 Å². The highest BCUT2D eigenvalue weighted by atomic mass is 32.2. The molecule has 0 unspecified atom stereocenters. The predicted octanol–water partition coefficient (Wildman–Crippen LogP) is -0.415. The molecule has 16 heavy (non-hydrogen) atoms. The number of carbonyl (C=O) groups excluding carboxylic acids is 2. The number of imide groups is 1. The molecular formula is C8H13N3O4S. The third-order valence-electron chi connectivity index (χ3n) is 2.03. The molecule has 0 radical (unpaired) electrons. The summed E-state index contributed by atoms with van der Waals surface area (Å²) >= 11 is 1.40. The highest BCUT2D eigenvalue weighted by Crippen LogP contribution is 2.16. The molecule has 1 rings (SSSR count). The Kier molecular flexibility index (Phi) is 3.99. The Morgan fingerprint density at radius 1 is 1.56 bits per heavy atom. The summed E-state index contributed by atoms with van der Waals surface area (Å²) in [5.74, 6) is 0.605. The van der Waals surface area contributed by atoms with Gasteiger partial charge in [0.1, 0.15) is 5.54 Å². The average molecular weight is 247 g/mol. The first kappa shape index (κ1) is 12.6. The molecule has 8 heteroatoms. The summed E-state index contributed by atoms with van der Waals surface area (Å²) in [7, 11) is 0. The van der Waals surface area contributed by atoms with Gasteiger partial charge in [0.05, 0.1) is 0 Å². The average Bonchev–Trinajstić information content (AvgIpc) is 2.39. The second-order valence-electron chi connectivity index (χ2n) is 3.52. The number of nitrogens with one attached hydrogen (secondary N) is 3. The topological polar surface area (TPSA) is 108 Å². The molecule has 0 saturated carbocycles. The van der Waals surface area contributed by atoms with Gasteiger partial charge >= 0.3 is 12.1 Å². The minimum atomic E-state index is -1.07. The molecule has 4 amide bonds. The van der Waals surface area contributed by atoms with E-state index in [4.69, 9.17) is 5.11 Å². The van der Waals surface area contributed by atoms with Crippen LogP contribution in [-0.2, 0) is 4.79 Å². The van der Waals surface area contributed by atoms with E-state index in [1.807, 2.05) is 0 Å². The zero-order valence-electron chi connectivity index (χ0n) is 8.70. The van der Waals surface area contributed by atoms with E-state index in [2.05, 4.69) is 16.0 Å². The number of rotatable bonds is 5. The molecule has 0 aliphatic carbocycles. The fourth-order valence-corrected chi connectivity index (χ4v) is 2.19. The number of hydrogen-bond acceptors (Lipinski definition) is 4. The summed E-state index contributed by atoms with van der Waals surface area (Å²) < 4.78 is 0. The quantitative estimate of drug-likeness (QED) is 0.390. The molecule has 0 bridgehead atoms. The second-order valence-corrected chi connectivity index (χ2v) is 4.63. The molecule has 90 valence electrons. The summed E-state index contributed by atoms with van der Waals surface area (Å²) in [6, 6.07) is -0.489. The van der Waals surface area contributed by atoms with Gasteiger partial charge in [-0.2, -0.15) is 11.8 Å². The Morgan fingerprint density at radius 3 is 2.75 bits per heavy atom. The Morgan fingerprint density at radius 2 is 2.25 bits per heavy atom. The molecule has 4 N–H and O–H groups in total. The van der Waals surface area contributed by atoms with E-state index in [9.17, 15) is 14.4 Å². The molecule has 1 fully saturated rings. The maximum absolute atomic E-state index is 11.4. The number of hydrogen-bond donors (Lipinski definition) is 4. The molecule has 1 aliphatic heterocycles. The number of amides is 4. The Bertz CT molecular complexity index is 322. The summed E-state index contributed by atoms with van der Waals surface area (Å²) in [6.07, 6.45) is -1.07. The van der Waals surface area contributed by atoms with Crippen molar-refractivity contribution in [1.29, 1.82) is 0 Å². The first-order valence-corrected chi connectivity index (χ1v) is 5.78. The van der Waals surface area contributed by atoms with E-state index < -0.39 is 17.7 Å². The molecule has 1 heterocycles. The fraction of sp³-hybridized carbons (Fsp3) is 0.625. The van der Waals surface area contributed by atoms with Crippen molar-refractivity contribution < 1.29 is 19.5 Å². The van der Waals surface area contributed by atoms with E-state index >= 15 is 0 Å². The van der Waals surface area contributed by atoms with Crippen LogP contribution in [0.25, 0.3) is 0 Å². The minimum absolute atomic E-state index is 0.311. The van der Waals surface area contributed by atoms with Crippen molar-refractivity contribution in [2.45, 2.75) is 12.5 Å². The number of carbonyl (C=O) groups is 3. The van der Waals surface area contributed by atoms with Crippen LogP contribution in [-0.4, -0.2) is 46.7 Å². The molecular weight excluding hydrogens is 234 g/mol. The first-order valence-electron chi connectivity index (χ1n) is 4.62. The van der Waals surface area contributed by atoms with Gasteiger partial charge < -0.3 is 15.7 Å². The highest BCUT2D eigenvalue weighted by Gasteiger charge is 2.41. The summed E-state index contributed by atoms with van der Waals surface area (Å²) in [5, 5.41) is 15.2. The summed E-state index contributed by atoms with van der Waals surface area (Å²) in [6.45, 7) is 1.94. The molecule has 0 aromatic heterocycles. The second kappa shape index (κ2) is 5.06. The molecule has 0 aromatic carbocycles. The van der Waals surface area contributed by atoms with Crippen LogP contribution in [0.4, 0.5) is 9.59 Å². The number of urea groups is 1. The van der Waals surface area contributed by atoms with Gasteiger partial charge in [-0.1, -0.05) is 0 Å². The van der Waals surface area contributed by atoms with Crippen LogP contribution in [0.2, 0.25) is 0 Å². The minimum Gasteiger partial charge on any atom is -0.465 e. The van der Waals surface area contributed by atoms with Crippen molar-refractivity contribution in [3.8, 4) is 0 Å². The Labute approximate surface area is 96.3 Å². The number of carboxylic acid groups (broad SMARTS) is 1. The van der Waals surface area contributed by atoms with Crippen molar-refractivity contribution in [3.05, 3.63) is 0 Å². The molecule has 0 aromatic rings. The lowest BCUT2D eigenvalue weighted by Gasteiger charge is -2.19. The Hall–Kier alpha value is -1.44. The van der Waals surface area contributed by atoms with E-state index in [0.717, 1.165) is 0 Å². The highest BCUT2D eigenvalue weighted by molar-refractivity contribution is 7.99. The third kappa shape index (κ3) is 3.30. The summed E-state index contributed by atoms with van der Waals surface area (Å²) in [4.78, 5) is 32.4. The van der Waals surface area contributed by atoms with E-state index in [1.54, 1.807) is 6.92 Å². The van der Waals surface area contributed by atoms with Gasteiger partial charge in [-0.15, -0.1) is 0 Å². The number of thioether (sulfide) groups is 1. The van der Waals surface area contributed by atoms with Crippen LogP contribution in [0.5, 0.6) is 0 Å². The van der Waals surface area contributed by atoms with Gasteiger partial charge in [0.25, 0.3) is 5.91 Å². The Balaban J connectivity index is 2.24. The molecule has 0 spiro atoms. The van der Waals surface area contributed by atoms with Crippen LogP contribution >= 0.6 is 11.8 Å². The first-order chi connectivity index (χ1) is 7.44. The van der Waals surface area contributed by atoms with E-state index in [-0.39, 0.29) is 5.91 Å². The molecule has 1 aliphatic rings. The smallest absolute Gasteiger partial charge is 0.404 e. The normalized spacial score (nSPS) is 23.8. The van der Waals surface area contributed by atoms with Crippen LogP contribution < -0.4 is 16.0 Å². The van der Waals surface area contributed by atoms with Crippen molar-refractivity contribution >= 4 is 29.8 Å². The van der Waals surface area contributed by atoms with Crippen molar-refractivity contribution in [1.82, 2.24) is 16.0 Å². The maximum atomic E-state index is 11.4. The van der Waals surface area contributed by atoms with Crippen molar-refractivity contribution in [2.75, 3.05) is 18.1 Å². The monoisotopic (exact) mass is 247 g/mol. The lowest BCUT2D eigenvalue weighted by Crippen LogP contribution is -2.46. The van der Waals surface area contributed by atoms with Crippen molar-refractivity contribution in [2.24, 2.45) is 0 Å². The lowest BCUT2D eigenvalue weighted by molar-refractivity contribution is -0.122. The van der Waals surface area contributed by atoms with Crippen LogP contribution in [0.1, 0.15) is 6.92 Å². The third-order valence-corrected chi connectivity index (χ3v) is 3.31. The molecule has 1 atom stereocenters. The van der Waals surface area contributed by atoms with Gasteiger partial charge in [-0.25, -0.2) is 9.59 Å². The van der Waals surface area contributed by atoms with Gasteiger partial charge in [-0.05, 0) is 6.92 Å². The van der Waals surface area contributed by atoms with E-state index in [0.29, 0.717) is 18.1 Å². The van der Waals surface area contributed by atoms with Crippen LogP contribution in [0.15, 0.2) is 0 Å². The van der Waals surface area contributed by atoms with Crippen LogP contribution in [0.3, 0.4) is 0 Å². The van der Waals surface area contributed by atoms with E-state index in [1.165, 1.54) is 11.8 Å². The van der Waals surface area contributed by atoms with Gasteiger partial charge in [0.15, 0.2) is 0 Å². The lowest BCUT2D eigenvalue weighted by atomic mass is 10.1. The predicted molar refractivity (Wildman–Crippen MR) is 58.4 cm³/mol. The maximum Gasteiger partial charge on any atom is 0.404 e.